The summed E-state index contributed by atoms with van der Waals surface area (Å²) in [6.45, 7) is 1.59. The van der Waals surface area contributed by atoms with Crippen molar-refractivity contribution in [1.29, 1.82) is 0 Å². The molecule has 10 heteroatoms. The first kappa shape index (κ1) is 26.8. The Bertz CT molecular complexity index is 1310. The van der Waals surface area contributed by atoms with Gasteiger partial charge in [0.25, 0.3) is 0 Å². The molecule has 1 amide bonds. The van der Waals surface area contributed by atoms with E-state index < -0.39 is 35.9 Å². The standard InChI is InChI=1S/C28H26F3NO6/c1-17-26(19-7-5-4-6-8-19)38-27(34)32(17)16-20-15-21(28(29,30)31)10-12-22(20)37-24-13-18(14-25(33)36-3)9-11-23(24)35-2/h4-13,15,17,26H,14,16H2,1-3H3. The average molecular weight is 530 g/mol. The van der Waals surface area contributed by atoms with Crippen molar-refractivity contribution in [3.8, 4) is 17.2 Å². The number of alkyl halides is 3. The number of nitrogens with zero attached hydrogens (tertiary/aromatic N) is 1. The van der Waals surface area contributed by atoms with Crippen LogP contribution in [0.2, 0.25) is 0 Å². The van der Waals surface area contributed by atoms with Crippen molar-refractivity contribution in [2.24, 2.45) is 0 Å². The molecular formula is C28H26F3NO6. The fraction of sp³-hybridized carbons (Fsp3) is 0.286. The summed E-state index contributed by atoms with van der Waals surface area (Å²) < 4.78 is 62.4. The summed E-state index contributed by atoms with van der Waals surface area (Å²) >= 11 is 0. The number of benzene rings is 3. The zero-order valence-corrected chi connectivity index (χ0v) is 21.0. The van der Waals surface area contributed by atoms with Gasteiger partial charge < -0.3 is 18.9 Å². The van der Waals surface area contributed by atoms with Crippen LogP contribution in [0.5, 0.6) is 17.2 Å². The van der Waals surface area contributed by atoms with Gasteiger partial charge in [0.05, 0.1) is 38.8 Å². The molecule has 1 saturated heterocycles. The molecule has 0 bridgehead atoms. The highest BCUT2D eigenvalue weighted by Gasteiger charge is 2.40. The van der Waals surface area contributed by atoms with Gasteiger partial charge >= 0.3 is 18.2 Å². The first-order chi connectivity index (χ1) is 18.1. The molecule has 0 aliphatic carbocycles. The van der Waals surface area contributed by atoms with Crippen molar-refractivity contribution < 1.29 is 41.7 Å². The third-order valence-electron chi connectivity index (χ3n) is 6.27. The van der Waals surface area contributed by atoms with Gasteiger partial charge in [-0.3, -0.25) is 9.69 Å². The summed E-state index contributed by atoms with van der Waals surface area (Å²) in [6.07, 6.45) is -5.86. The molecular weight excluding hydrogens is 503 g/mol. The minimum Gasteiger partial charge on any atom is -0.493 e. The van der Waals surface area contributed by atoms with Crippen LogP contribution < -0.4 is 9.47 Å². The van der Waals surface area contributed by atoms with Crippen LogP contribution in [0.4, 0.5) is 18.0 Å². The van der Waals surface area contributed by atoms with Gasteiger partial charge in [-0.05, 0) is 48.4 Å². The molecule has 0 N–H and O–H groups in total. The second-order valence-electron chi connectivity index (χ2n) is 8.74. The molecule has 200 valence electrons. The Morgan fingerprint density at radius 1 is 0.974 bits per heavy atom. The van der Waals surface area contributed by atoms with Gasteiger partial charge in [-0.25, -0.2) is 4.79 Å². The first-order valence-electron chi connectivity index (χ1n) is 11.7. The third kappa shape index (κ3) is 5.85. The SMILES string of the molecule is COC(=O)Cc1ccc(OC)c(Oc2ccc(C(F)(F)F)cc2CN2C(=O)OC(c3ccccc3)C2C)c1. The number of carbonyl (C=O) groups is 2. The van der Waals surface area contributed by atoms with Crippen LogP contribution in [0.15, 0.2) is 66.7 Å². The summed E-state index contributed by atoms with van der Waals surface area (Å²) in [5, 5.41) is 0. The number of halogens is 3. The van der Waals surface area contributed by atoms with E-state index in [1.165, 1.54) is 25.2 Å². The van der Waals surface area contributed by atoms with E-state index in [4.69, 9.17) is 18.9 Å². The van der Waals surface area contributed by atoms with E-state index in [1.54, 1.807) is 25.1 Å². The van der Waals surface area contributed by atoms with E-state index in [0.717, 1.165) is 17.7 Å². The predicted octanol–water partition coefficient (Wildman–Crippen LogP) is 6.30. The van der Waals surface area contributed by atoms with E-state index in [1.807, 2.05) is 30.3 Å². The Labute approximate surface area is 217 Å². The lowest BCUT2D eigenvalue weighted by atomic mass is 10.0. The van der Waals surface area contributed by atoms with Gasteiger partial charge in [0.2, 0.25) is 0 Å². The van der Waals surface area contributed by atoms with Crippen molar-refractivity contribution in [2.45, 2.75) is 38.2 Å². The van der Waals surface area contributed by atoms with Crippen LogP contribution >= 0.6 is 0 Å². The number of hydrogen-bond acceptors (Lipinski definition) is 6. The van der Waals surface area contributed by atoms with E-state index >= 15 is 0 Å². The second-order valence-corrected chi connectivity index (χ2v) is 8.74. The number of ether oxygens (including phenoxy) is 4. The topological polar surface area (TPSA) is 74.3 Å². The summed E-state index contributed by atoms with van der Waals surface area (Å²) in [6, 6.07) is 16.5. The van der Waals surface area contributed by atoms with Gasteiger partial charge in [0.1, 0.15) is 11.9 Å². The van der Waals surface area contributed by atoms with Crippen LogP contribution in [0.25, 0.3) is 0 Å². The number of amides is 1. The molecule has 3 aromatic rings. The van der Waals surface area contributed by atoms with E-state index in [-0.39, 0.29) is 30.0 Å². The molecule has 0 radical (unpaired) electrons. The number of cyclic esters (lactones) is 1. The maximum atomic E-state index is 13.6. The maximum absolute atomic E-state index is 13.6. The number of rotatable bonds is 8. The van der Waals surface area contributed by atoms with Gasteiger partial charge in [0, 0.05) is 5.56 Å². The number of hydrogen-bond donors (Lipinski definition) is 0. The fourth-order valence-corrected chi connectivity index (χ4v) is 4.23. The lowest BCUT2D eigenvalue weighted by molar-refractivity contribution is -0.140. The van der Waals surface area contributed by atoms with Crippen LogP contribution in [-0.2, 0) is 33.4 Å². The molecule has 38 heavy (non-hydrogen) atoms. The summed E-state index contributed by atoms with van der Waals surface area (Å²) in [5.74, 6) is 0.122. The highest BCUT2D eigenvalue weighted by Crippen LogP contribution is 2.40. The lowest BCUT2D eigenvalue weighted by Crippen LogP contribution is -2.31. The van der Waals surface area contributed by atoms with E-state index in [2.05, 4.69) is 0 Å². The van der Waals surface area contributed by atoms with Crippen LogP contribution in [0, 0.1) is 0 Å². The largest absolute Gasteiger partial charge is 0.493 e. The van der Waals surface area contributed by atoms with Crippen molar-refractivity contribution in [3.05, 3.63) is 89.0 Å². The maximum Gasteiger partial charge on any atom is 0.416 e. The van der Waals surface area contributed by atoms with Gasteiger partial charge in [-0.2, -0.15) is 13.2 Å². The van der Waals surface area contributed by atoms with Crippen LogP contribution in [-0.4, -0.2) is 37.2 Å². The van der Waals surface area contributed by atoms with Crippen molar-refractivity contribution in [3.63, 3.8) is 0 Å². The molecule has 1 fully saturated rings. The zero-order valence-electron chi connectivity index (χ0n) is 21.0. The number of esters is 1. The minimum atomic E-state index is -4.60. The highest BCUT2D eigenvalue weighted by atomic mass is 19.4. The minimum absolute atomic E-state index is 0.0330. The molecule has 2 unspecified atom stereocenters. The molecule has 0 aromatic heterocycles. The zero-order chi connectivity index (χ0) is 27.4. The summed E-state index contributed by atoms with van der Waals surface area (Å²) in [5.41, 5.74) is 0.580. The van der Waals surface area contributed by atoms with Crippen molar-refractivity contribution in [1.82, 2.24) is 4.90 Å². The summed E-state index contributed by atoms with van der Waals surface area (Å²) in [7, 11) is 2.69. The average Bonchev–Trinajstić information content (AvgIpc) is 3.18. The molecule has 1 aliphatic heterocycles. The Morgan fingerprint density at radius 2 is 1.68 bits per heavy atom. The molecule has 2 atom stereocenters. The van der Waals surface area contributed by atoms with E-state index in [0.29, 0.717) is 11.3 Å². The molecule has 0 spiro atoms. The first-order valence-corrected chi connectivity index (χ1v) is 11.7. The Hall–Kier alpha value is -4.21. The van der Waals surface area contributed by atoms with Crippen molar-refractivity contribution in [2.75, 3.05) is 14.2 Å². The summed E-state index contributed by atoms with van der Waals surface area (Å²) in [4.78, 5) is 25.9. The number of methoxy groups -OCH3 is 2. The number of carbonyl (C=O) groups excluding carboxylic acids is 2. The highest BCUT2D eigenvalue weighted by molar-refractivity contribution is 5.73. The Kier molecular flexibility index (Phi) is 7.80. The van der Waals surface area contributed by atoms with E-state index in [9.17, 15) is 22.8 Å². The quantitative estimate of drug-likeness (QED) is 0.319. The normalized spacial score (nSPS) is 17.2. The predicted molar refractivity (Wildman–Crippen MR) is 131 cm³/mol. The lowest BCUT2D eigenvalue weighted by Gasteiger charge is -2.23. The fourth-order valence-electron chi connectivity index (χ4n) is 4.23. The smallest absolute Gasteiger partial charge is 0.416 e. The van der Waals surface area contributed by atoms with Crippen LogP contribution in [0.1, 0.15) is 35.3 Å². The van der Waals surface area contributed by atoms with Gasteiger partial charge in [-0.15, -0.1) is 0 Å². The van der Waals surface area contributed by atoms with Gasteiger partial charge in [-0.1, -0.05) is 36.4 Å². The van der Waals surface area contributed by atoms with Crippen LogP contribution in [0.3, 0.4) is 0 Å². The Morgan fingerprint density at radius 3 is 2.34 bits per heavy atom. The molecule has 0 saturated carbocycles. The second kappa shape index (κ2) is 11.0. The molecule has 1 heterocycles. The Balaban J connectivity index is 1.68. The van der Waals surface area contributed by atoms with Gasteiger partial charge in [0.15, 0.2) is 11.5 Å². The monoisotopic (exact) mass is 529 g/mol. The molecule has 4 rings (SSSR count). The van der Waals surface area contributed by atoms with Crippen molar-refractivity contribution >= 4 is 12.1 Å². The molecule has 7 nitrogen and oxygen atoms in total. The molecule has 1 aliphatic rings. The molecule has 3 aromatic carbocycles. The third-order valence-corrected chi connectivity index (χ3v) is 6.27.